The quantitative estimate of drug-likeness (QED) is 0.871. The van der Waals surface area contributed by atoms with Crippen molar-refractivity contribution < 1.29 is 4.79 Å². The fourth-order valence-corrected chi connectivity index (χ4v) is 3.49. The number of carbonyl (C=O) groups excluding carboxylic acids is 1. The molecule has 0 saturated carbocycles. The molecule has 0 aliphatic rings. The molecule has 0 fully saturated rings. The third-order valence-corrected chi connectivity index (χ3v) is 4.44. The molecule has 21 heavy (non-hydrogen) atoms. The molecular weight excluding hydrogens is 328 g/mol. The minimum atomic E-state index is -0.0595. The highest BCUT2D eigenvalue weighted by molar-refractivity contribution is 8.01. The molecule has 1 aromatic carbocycles. The molecule has 0 bridgehead atoms. The summed E-state index contributed by atoms with van der Waals surface area (Å²) in [5.41, 5.74) is 7.19. The first kappa shape index (κ1) is 17.9. The van der Waals surface area contributed by atoms with Gasteiger partial charge in [-0.2, -0.15) is 0 Å². The van der Waals surface area contributed by atoms with Crippen LogP contribution < -0.4 is 11.1 Å². The number of anilines is 1. The van der Waals surface area contributed by atoms with Crippen LogP contribution in [0, 0.1) is 13.8 Å². The Morgan fingerprint density at radius 2 is 2.14 bits per heavy atom. The molecule has 1 aromatic heterocycles. The number of halogens is 1. The number of hydrogen-bond donors (Lipinski definition) is 2. The predicted molar refractivity (Wildman–Crippen MR) is 89.5 cm³/mol. The third kappa shape index (κ3) is 5.28. The molecule has 0 spiro atoms. The van der Waals surface area contributed by atoms with Crippen molar-refractivity contribution >= 4 is 47.1 Å². The zero-order valence-electron chi connectivity index (χ0n) is 11.8. The molecule has 8 heteroatoms. The first-order valence-electron chi connectivity index (χ1n) is 6.17. The van der Waals surface area contributed by atoms with E-state index in [1.807, 2.05) is 32.0 Å². The summed E-state index contributed by atoms with van der Waals surface area (Å²) in [7, 11) is 0. The number of amides is 1. The van der Waals surface area contributed by atoms with Crippen molar-refractivity contribution in [3.8, 4) is 0 Å². The predicted octanol–water partition coefficient (Wildman–Crippen LogP) is 3.02. The number of hydrogen-bond acceptors (Lipinski definition) is 6. The normalized spacial score (nSPS) is 10.0. The summed E-state index contributed by atoms with van der Waals surface area (Å²) >= 11 is 3.14. The van der Waals surface area contributed by atoms with Gasteiger partial charge in [0.15, 0.2) is 4.34 Å². The first-order chi connectivity index (χ1) is 9.58. The molecule has 3 N–H and O–H groups in total. The van der Waals surface area contributed by atoms with Gasteiger partial charge in [0.1, 0.15) is 5.01 Å². The summed E-state index contributed by atoms with van der Waals surface area (Å²) in [6.07, 6.45) is 0.333. The van der Waals surface area contributed by atoms with E-state index in [2.05, 4.69) is 15.5 Å². The minimum absolute atomic E-state index is 0. The van der Waals surface area contributed by atoms with Gasteiger partial charge >= 0.3 is 0 Å². The molecule has 2 aromatic rings. The molecule has 5 nitrogen and oxygen atoms in total. The molecule has 0 saturated heterocycles. The maximum atomic E-state index is 11.5. The highest BCUT2D eigenvalue weighted by Crippen LogP contribution is 2.32. The van der Waals surface area contributed by atoms with Crippen LogP contribution >= 0.6 is 35.5 Å². The zero-order chi connectivity index (χ0) is 14.5. The number of aromatic nitrogens is 2. The van der Waals surface area contributed by atoms with E-state index in [-0.39, 0.29) is 18.3 Å². The monoisotopic (exact) mass is 344 g/mol. The Morgan fingerprint density at radius 1 is 1.38 bits per heavy atom. The van der Waals surface area contributed by atoms with Gasteiger partial charge in [0, 0.05) is 23.5 Å². The van der Waals surface area contributed by atoms with Crippen LogP contribution in [-0.2, 0) is 4.79 Å². The van der Waals surface area contributed by atoms with E-state index < -0.39 is 0 Å². The molecule has 2 rings (SSSR count). The summed E-state index contributed by atoms with van der Waals surface area (Å²) in [4.78, 5) is 12.6. The van der Waals surface area contributed by atoms with Crippen LogP contribution in [0.15, 0.2) is 27.4 Å². The SMILES string of the molecule is Cc1nnc(Sc2ccc(NC(=O)CCN)c(C)c2)s1.Cl. The number of rotatable bonds is 5. The summed E-state index contributed by atoms with van der Waals surface area (Å²) in [5.74, 6) is -0.0595. The lowest BCUT2D eigenvalue weighted by Crippen LogP contribution is -2.16. The van der Waals surface area contributed by atoms with Crippen molar-refractivity contribution in [3.63, 3.8) is 0 Å². The number of carbonyl (C=O) groups is 1. The van der Waals surface area contributed by atoms with Gasteiger partial charge < -0.3 is 11.1 Å². The third-order valence-electron chi connectivity index (χ3n) is 2.56. The van der Waals surface area contributed by atoms with Crippen LogP contribution in [-0.4, -0.2) is 22.6 Å². The molecule has 1 amide bonds. The van der Waals surface area contributed by atoms with Gasteiger partial charge in [0.05, 0.1) is 0 Å². The molecule has 114 valence electrons. The van der Waals surface area contributed by atoms with Crippen LogP contribution in [0.25, 0.3) is 0 Å². The van der Waals surface area contributed by atoms with Crippen molar-refractivity contribution in [1.29, 1.82) is 0 Å². The molecule has 0 atom stereocenters. The zero-order valence-corrected chi connectivity index (χ0v) is 14.2. The summed E-state index contributed by atoms with van der Waals surface area (Å²) in [6.45, 7) is 4.26. The Balaban J connectivity index is 0.00000220. The van der Waals surface area contributed by atoms with Gasteiger partial charge in [-0.05, 0) is 37.6 Å². The Bertz CT molecular complexity index is 618. The van der Waals surface area contributed by atoms with Crippen molar-refractivity contribution in [2.75, 3.05) is 11.9 Å². The second-order valence-electron chi connectivity index (χ2n) is 4.25. The molecule has 0 unspecified atom stereocenters. The number of nitrogens with zero attached hydrogens (tertiary/aromatic N) is 2. The molecule has 0 radical (unpaired) electrons. The fourth-order valence-electron chi connectivity index (χ4n) is 1.60. The van der Waals surface area contributed by atoms with Crippen LogP contribution in [0.2, 0.25) is 0 Å². The lowest BCUT2D eigenvalue weighted by molar-refractivity contribution is -0.116. The van der Waals surface area contributed by atoms with Crippen LogP contribution in [0.5, 0.6) is 0 Å². The average molecular weight is 345 g/mol. The second-order valence-corrected chi connectivity index (χ2v) is 6.75. The standard InChI is InChI=1S/C13H16N4OS2.ClH/c1-8-7-10(20-13-17-16-9(2)19-13)3-4-11(8)15-12(18)5-6-14;/h3-4,7H,5-6,14H2,1-2H3,(H,15,18);1H. The van der Waals surface area contributed by atoms with Crippen LogP contribution in [0.3, 0.4) is 0 Å². The van der Waals surface area contributed by atoms with Crippen LogP contribution in [0.1, 0.15) is 17.0 Å². The molecule has 0 aliphatic carbocycles. The number of nitrogens with two attached hydrogens (primary N) is 1. The fraction of sp³-hybridized carbons (Fsp3) is 0.308. The molecule has 0 aliphatic heterocycles. The largest absolute Gasteiger partial charge is 0.330 e. The van der Waals surface area contributed by atoms with E-state index in [0.29, 0.717) is 13.0 Å². The Kier molecular flexibility index (Phi) is 7.10. The number of aryl methyl sites for hydroxylation is 2. The van der Waals surface area contributed by atoms with E-state index in [1.54, 1.807) is 23.1 Å². The topological polar surface area (TPSA) is 80.9 Å². The van der Waals surface area contributed by atoms with Gasteiger partial charge in [0.25, 0.3) is 0 Å². The van der Waals surface area contributed by atoms with E-state index in [0.717, 1.165) is 25.5 Å². The van der Waals surface area contributed by atoms with Crippen molar-refractivity contribution in [2.45, 2.75) is 29.5 Å². The van der Waals surface area contributed by atoms with Crippen LogP contribution in [0.4, 0.5) is 5.69 Å². The van der Waals surface area contributed by atoms with E-state index >= 15 is 0 Å². The van der Waals surface area contributed by atoms with E-state index in [9.17, 15) is 4.79 Å². The van der Waals surface area contributed by atoms with Crippen molar-refractivity contribution in [2.24, 2.45) is 5.73 Å². The van der Waals surface area contributed by atoms with E-state index in [1.165, 1.54) is 0 Å². The molecular formula is C13H17ClN4OS2. The van der Waals surface area contributed by atoms with Gasteiger partial charge in [-0.25, -0.2) is 0 Å². The summed E-state index contributed by atoms with van der Waals surface area (Å²) in [5, 5.41) is 11.9. The van der Waals surface area contributed by atoms with Crippen molar-refractivity contribution in [1.82, 2.24) is 10.2 Å². The average Bonchev–Trinajstić information content (AvgIpc) is 2.78. The number of benzene rings is 1. The van der Waals surface area contributed by atoms with E-state index in [4.69, 9.17) is 5.73 Å². The lowest BCUT2D eigenvalue weighted by atomic mass is 10.2. The lowest BCUT2D eigenvalue weighted by Gasteiger charge is -2.09. The van der Waals surface area contributed by atoms with Gasteiger partial charge in [-0.1, -0.05) is 23.1 Å². The Labute approximate surface area is 138 Å². The van der Waals surface area contributed by atoms with Gasteiger partial charge in [0.2, 0.25) is 5.91 Å². The first-order valence-corrected chi connectivity index (χ1v) is 7.80. The maximum absolute atomic E-state index is 11.5. The summed E-state index contributed by atoms with van der Waals surface area (Å²) < 4.78 is 0.918. The molecule has 1 heterocycles. The van der Waals surface area contributed by atoms with Gasteiger partial charge in [-0.15, -0.1) is 22.6 Å². The summed E-state index contributed by atoms with van der Waals surface area (Å²) in [6, 6.07) is 5.89. The van der Waals surface area contributed by atoms with Gasteiger partial charge in [-0.3, -0.25) is 4.79 Å². The number of nitrogens with one attached hydrogen (secondary N) is 1. The minimum Gasteiger partial charge on any atom is -0.330 e. The Hall–Kier alpha value is -1.15. The highest BCUT2D eigenvalue weighted by Gasteiger charge is 2.07. The highest BCUT2D eigenvalue weighted by atomic mass is 35.5. The second kappa shape index (κ2) is 8.33. The van der Waals surface area contributed by atoms with Crippen molar-refractivity contribution in [3.05, 3.63) is 28.8 Å². The smallest absolute Gasteiger partial charge is 0.225 e. The Morgan fingerprint density at radius 3 is 2.71 bits per heavy atom. The maximum Gasteiger partial charge on any atom is 0.225 e.